The van der Waals surface area contributed by atoms with E-state index in [-0.39, 0.29) is 36.8 Å². The molecule has 1 aromatic heterocycles. The summed E-state index contributed by atoms with van der Waals surface area (Å²) in [5.74, 6) is -1.63. The topological polar surface area (TPSA) is 94.8 Å². The molecule has 32 heavy (non-hydrogen) atoms. The fraction of sp³-hybridized carbons (Fsp3) is 0.320. The van der Waals surface area contributed by atoms with Crippen molar-refractivity contribution in [1.82, 2.24) is 5.32 Å². The van der Waals surface area contributed by atoms with E-state index in [4.69, 9.17) is 13.9 Å². The Balaban J connectivity index is 1.61. The standard InChI is InChI=1S/C25H27NO6/c1-5-30-24(29)22-19(18-8-6-7-9-20(18)32-22)15-31-21(27)14-26-23(28)16-10-12-17(13-11-16)25(2,3)4/h6-13H,5,14-15H2,1-4H3,(H,26,28). The van der Waals surface area contributed by atoms with Crippen LogP contribution in [0.3, 0.4) is 0 Å². The number of esters is 2. The summed E-state index contributed by atoms with van der Waals surface area (Å²) < 4.78 is 15.9. The van der Waals surface area contributed by atoms with Gasteiger partial charge < -0.3 is 19.2 Å². The molecule has 0 aliphatic heterocycles. The molecule has 0 bridgehead atoms. The van der Waals surface area contributed by atoms with Gasteiger partial charge in [-0.2, -0.15) is 0 Å². The number of nitrogens with one attached hydrogen (secondary N) is 1. The molecule has 0 unspecified atom stereocenters. The first-order valence-corrected chi connectivity index (χ1v) is 10.4. The van der Waals surface area contributed by atoms with Gasteiger partial charge in [0.2, 0.25) is 5.76 Å². The van der Waals surface area contributed by atoms with Crippen LogP contribution in [0.4, 0.5) is 0 Å². The molecule has 7 nitrogen and oxygen atoms in total. The van der Waals surface area contributed by atoms with Crippen LogP contribution in [0, 0.1) is 0 Å². The second-order valence-electron chi connectivity index (χ2n) is 8.30. The first-order chi connectivity index (χ1) is 15.2. The Labute approximate surface area is 186 Å². The maximum atomic E-state index is 12.3. The molecule has 0 atom stereocenters. The number of fused-ring (bicyclic) bond motifs is 1. The lowest BCUT2D eigenvalue weighted by molar-refractivity contribution is -0.143. The molecule has 3 aromatic rings. The Morgan fingerprint density at radius 2 is 1.66 bits per heavy atom. The van der Waals surface area contributed by atoms with Gasteiger partial charge in [0.25, 0.3) is 5.91 Å². The molecule has 0 radical (unpaired) electrons. The van der Waals surface area contributed by atoms with Gasteiger partial charge in [0, 0.05) is 10.9 Å². The molecule has 1 heterocycles. The van der Waals surface area contributed by atoms with E-state index >= 15 is 0 Å². The summed E-state index contributed by atoms with van der Waals surface area (Å²) in [6, 6.07) is 14.3. The largest absolute Gasteiger partial charge is 0.460 e. The molecule has 0 fully saturated rings. The smallest absolute Gasteiger partial charge is 0.374 e. The predicted molar refractivity (Wildman–Crippen MR) is 119 cm³/mol. The highest BCUT2D eigenvalue weighted by Gasteiger charge is 2.23. The summed E-state index contributed by atoms with van der Waals surface area (Å²) in [5.41, 5.74) is 2.47. The van der Waals surface area contributed by atoms with Crippen LogP contribution in [0.15, 0.2) is 52.9 Å². The number of rotatable bonds is 7. The molecule has 1 N–H and O–H groups in total. The van der Waals surface area contributed by atoms with Crippen LogP contribution in [0.1, 0.15) is 59.7 Å². The molecule has 7 heteroatoms. The van der Waals surface area contributed by atoms with E-state index in [0.29, 0.717) is 22.1 Å². The second kappa shape index (κ2) is 9.68. The molecule has 0 spiro atoms. The lowest BCUT2D eigenvalue weighted by Crippen LogP contribution is -2.30. The van der Waals surface area contributed by atoms with Gasteiger partial charge in [-0.15, -0.1) is 0 Å². The Morgan fingerprint density at radius 3 is 2.31 bits per heavy atom. The van der Waals surface area contributed by atoms with Gasteiger partial charge >= 0.3 is 11.9 Å². The first kappa shape index (κ1) is 23.1. The van der Waals surface area contributed by atoms with Crippen molar-refractivity contribution in [3.8, 4) is 0 Å². The van der Waals surface area contributed by atoms with Gasteiger partial charge in [-0.1, -0.05) is 51.1 Å². The number of para-hydroxylation sites is 1. The van der Waals surface area contributed by atoms with Crippen LogP contribution in [0.25, 0.3) is 11.0 Å². The molecule has 2 aromatic carbocycles. The summed E-state index contributed by atoms with van der Waals surface area (Å²) in [4.78, 5) is 36.8. The van der Waals surface area contributed by atoms with Gasteiger partial charge in [0.05, 0.1) is 12.2 Å². The highest BCUT2D eigenvalue weighted by atomic mass is 16.5. The molecule has 0 saturated heterocycles. The molecule has 0 aliphatic rings. The average Bonchev–Trinajstić information content (AvgIpc) is 3.14. The van der Waals surface area contributed by atoms with Crippen LogP contribution in [-0.4, -0.2) is 31.0 Å². The van der Waals surface area contributed by atoms with Crippen molar-refractivity contribution in [2.45, 2.75) is 39.7 Å². The fourth-order valence-corrected chi connectivity index (χ4v) is 3.18. The molecule has 3 rings (SSSR count). The number of carbonyl (C=O) groups excluding carboxylic acids is 3. The normalized spacial score (nSPS) is 11.2. The van der Waals surface area contributed by atoms with Gasteiger partial charge in [-0.3, -0.25) is 9.59 Å². The highest BCUT2D eigenvalue weighted by Crippen LogP contribution is 2.27. The van der Waals surface area contributed by atoms with Crippen LogP contribution >= 0.6 is 0 Å². The molecule has 0 aliphatic carbocycles. The molecule has 168 valence electrons. The maximum Gasteiger partial charge on any atom is 0.374 e. The molecule has 0 saturated carbocycles. The molecular formula is C25H27NO6. The first-order valence-electron chi connectivity index (χ1n) is 10.4. The third-order valence-corrected chi connectivity index (χ3v) is 4.94. The van der Waals surface area contributed by atoms with Crippen molar-refractivity contribution in [1.29, 1.82) is 0 Å². The summed E-state index contributed by atoms with van der Waals surface area (Å²) in [6.45, 7) is 7.68. The minimum absolute atomic E-state index is 0.00354. The van der Waals surface area contributed by atoms with Gasteiger partial charge in [0.15, 0.2) is 0 Å². The SMILES string of the molecule is CCOC(=O)c1oc2ccccc2c1COC(=O)CNC(=O)c1ccc(C(C)(C)C)cc1. The predicted octanol–water partition coefficient (Wildman–Crippen LogP) is 4.38. The Kier molecular flexibility index (Phi) is 6.98. The van der Waals surface area contributed by atoms with Crippen molar-refractivity contribution >= 4 is 28.8 Å². The quantitative estimate of drug-likeness (QED) is 0.551. The monoisotopic (exact) mass is 437 g/mol. The Morgan fingerprint density at radius 1 is 0.969 bits per heavy atom. The van der Waals surface area contributed by atoms with Crippen molar-refractivity contribution in [2.75, 3.05) is 13.2 Å². The number of benzene rings is 2. The van der Waals surface area contributed by atoms with Gasteiger partial charge in [0.1, 0.15) is 18.7 Å². The van der Waals surface area contributed by atoms with E-state index in [1.54, 1.807) is 43.3 Å². The zero-order chi connectivity index (χ0) is 23.3. The third-order valence-electron chi connectivity index (χ3n) is 4.94. The van der Waals surface area contributed by atoms with E-state index < -0.39 is 11.9 Å². The molecule has 1 amide bonds. The lowest BCUT2D eigenvalue weighted by atomic mass is 9.87. The van der Waals surface area contributed by atoms with Gasteiger partial charge in [-0.25, -0.2) is 4.79 Å². The van der Waals surface area contributed by atoms with Gasteiger partial charge in [-0.05, 0) is 36.1 Å². The second-order valence-corrected chi connectivity index (χ2v) is 8.30. The number of ether oxygens (including phenoxy) is 2. The Hall–Kier alpha value is -3.61. The summed E-state index contributed by atoms with van der Waals surface area (Å²) in [7, 11) is 0. The van der Waals surface area contributed by atoms with Crippen LogP contribution < -0.4 is 5.32 Å². The van der Waals surface area contributed by atoms with E-state index in [0.717, 1.165) is 5.56 Å². The van der Waals surface area contributed by atoms with E-state index in [1.165, 1.54) is 0 Å². The number of carbonyl (C=O) groups is 3. The molecular weight excluding hydrogens is 410 g/mol. The Bertz CT molecular complexity index is 1120. The van der Waals surface area contributed by atoms with Crippen LogP contribution in [0.5, 0.6) is 0 Å². The number of furan rings is 1. The van der Waals surface area contributed by atoms with Crippen molar-refractivity contribution in [3.05, 3.63) is 71.0 Å². The maximum absolute atomic E-state index is 12.3. The minimum Gasteiger partial charge on any atom is -0.460 e. The van der Waals surface area contributed by atoms with Crippen LogP contribution in [0.2, 0.25) is 0 Å². The summed E-state index contributed by atoms with van der Waals surface area (Å²) in [6.07, 6.45) is 0. The number of hydrogen-bond donors (Lipinski definition) is 1. The summed E-state index contributed by atoms with van der Waals surface area (Å²) in [5, 5.41) is 3.21. The van der Waals surface area contributed by atoms with E-state index in [1.807, 2.05) is 12.1 Å². The number of hydrogen-bond acceptors (Lipinski definition) is 6. The average molecular weight is 437 g/mol. The lowest BCUT2D eigenvalue weighted by Gasteiger charge is -2.19. The highest BCUT2D eigenvalue weighted by molar-refractivity contribution is 5.97. The van der Waals surface area contributed by atoms with Crippen LogP contribution in [-0.2, 0) is 26.3 Å². The number of amides is 1. The fourth-order valence-electron chi connectivity index (χ4n) is 3.18. The summed E-state index contributed by atoms with van der Waals surface area (Å²) >= 11 is 0. The third kappa shape index (κ3) is 5.35. The zero-order valence-corrected chi connectivity index (χ0v) is 18.7. The van der Waals surface area contributed by atoms with E-state index in [9.17, 15) is 14.4 Å². The zero-order valence-electron chi connectivity index (χ0n) is 18.7. The minimum atomic E-state index is -0.634. The van der Waals surface area contributed by atoms with Crippen molar-refractivity contribution in [3.63, 3.8) is 0 Å². The van der Waals surface area contributed by atoms with E-state index in [2.05, 4.69) is 26.1 Å². The van der Waals surface area contributed by atoms with Crippen molar-refractivity contribution < 1.29 is 28.3 Å². The van der Waals surface area contributed by atoms with Crippen molar-refractivity contribution in [2.24, 2.45) is 0 Å².